The molecule has 1 amide bonds. The maximum atomic E-state index is 12.9. The average Bonchev–Trinajstić information content (AvgIpc) is 2.63. The van der Waals surface area contributed by atoms with Gasteiger partial charge in [-0.05, 0) is 31.0 Å². The number of benzene rings is 1. The summed E-state index contributed by atoms with van der Waals surface area (Å²) in [6.07, 6.45) is 5.52. The summed E-state index contributed by atoms with van der Waals surface area (Å²) in [5.74, 6) is -0.0628. The number of hydrogen-bond donors (Lipinski definition) is 1. The molecule has 1 aliphatic rings. The minimum absolute atomic E-state index is 0.0876. The van der Waals surface area contributed by atoms with Gasteiger partial charge in [-0.25, -0.2) is 18.4 Å². The maximum Gasteiger partial charge on any atom is 0.243 e. The molecular weight excluding hydrogens is 340 g/mol. The summed E-state index contributed by atoms with van der Waals surface area (Å²) in [6, 6.07) is 9.64. The van der Waals surface area contributed by atoms with E-state index in [2.05, 4.69) is 15.3 Å². The lowest BCUT2D eigenvalue weighted by atomic mass is 10.0. The van der Waals surface area contributed by atoms with E-state index in [1.165, 1.54) is 16.7 Å². The molecule has 25 heavy (non-hydrogen) atoms. The average molecular weight is 360 g/mol. The number of anilines is 1. The molecule has 3 rings (SSSR count). The van der Waals surface area contributed by atoms with Crippen LogP contribution < -0.4 is 5.32 Å². The van der Waals surface area contributed by atoms with Crippen LogP contribution in [0.5, 0.6) is 0 Å². The van der Waals surface area contributed by atoms with Gasteiger partial charge in [0.2, 0.25) is 21.9 Å². The van der Waals surface area contributed by atoms with Crippen molar-refractivity contribution in [3.8, 4) is 0 Å². The number of carbonyl (C=O) groups excluding carboxylic acids is 1. The molecule has 0 aliphatic carbocycles. The summed E-state index contributed by atoms with van der Waals surface area (Å²) in [7, 11) is -3.61. The zero-order valence-electron chi connectivity index (χ0n) is 13.7. The smallest absolute Gasteiger partial charge is 0.243 e. The van der Waals surface area contributed by atoms with E-state index in [1.807, 2.05) is 0 Å². The predicted molar refractivity (Wildman–Crippen MR) is 93.3 cm³/mol. The minimum atomic E-state index is -3.61. The van der Waals surface area contributed by atoms with Gasteiger partial charge in [0.15, 0.2) is 0 Å². The van der Waals surface area contributed by atoms with Crippen molar-refractivity contribution in [3.63, 3.8) is 0 Å². The van der Waals surface area contributed by atoms with E-state index in [-0.39, 0.29) is 29.2 Å². The Labute approximate surface area is 147 Å². The lowest BCUT2D eigenvalue weighted by Gasteiger charge is -2.34. The first kappa shape index (κ1) is 17.5. The van der Waals surface area contributed by atoms with Gasteiger partial charge < -0.3 is 0 Å². The van der Waals surface area contributed by atoms with Gasteiger partial charge in [0.05, 0.1) is 4.90 Å². The van der Waals surface area contributed by atoms with E-state index in [9.17, 15) is 13.2 Å². The van der Waals surface area contributed by atoms with Crippen LogP contribution in [-0.4, -0.2) is 41.2 Å². The summed E-state index contributed by atoms with van der Waals surface area (Å²) in [6.45, 7) is 0.428. The molecule has 1 atom stereocenters. The number of nitrogens with one attached hydrogen (secondary N) is 1. The van der Waals surface area contributed by atoms with E-state index < -0.39 is 10.0 Å². The second-order valence-electron chi connectivity index (χ2n) is 5.90. The van der Waals surface area contributed by atoms with Gasteiger partial charge in [-0.3, -0.25) is 10.1 Å². The van der Waals surface area contributed by atoms with Gasteiger partial charge in [-0.2, -0.15) is 4.31 Å². The highest BCUT2D eigenvalue weighted by Gasteiger charge is 2.34. The second kappa shape index (κ2) is 7.71. The van der Waals surface area contributed by atoms with Crippen molar-refractivity contribution in [2.45, 2.75) is 36.6 Å². The number of carbonyl (C=O) groups is 1. The molecule has 0 bridgehead atoms. The van der Waals surface area contributed by atoms with Crippen molar-refractivity contribution in [3.05, 3.63) is 48.8 Å². The van der Waals surface area contributed by atoms with Gasteiger partial charge in [0.25, 0.3) is 0 Å². The van der Waals surface area contributed by atoms with Crippen LogP contribution in [-0.2, 0) is 14.8 Å². The van der Waals surface area contributed by atoms with Gasteiger partial charge >= 0.3 is 0 Å². The zero-order chi connectivity index (χ0) is 17.7. The SMILES string of the molecule is O=C(C[C@@H]1CCCCN1S(=O)(=O)c1ccccc1)Nc1ncccn1. The van der Waals surface area contributed by atoms with Crippen LogP contribution in [0.25, 0.3) is 0 Å². The number of piperidine rings is 1. The summed E-state index contributed by atoms with van der Waals surface area (Å²) in [4.78, 5) is 20.4. The van der Waals surface area contributed by atoms with Gasteiger partial charge in [0.1, 0.15) is 0 Å². The van der Waals surface area contributed by atoms with Crippen molar-refractivity contribution in [2.75, 3.05) is 11.9 Å². The molecule has 132 valence electrons. The highest BCUT2D eigenvalue weighted by Crippen LogP contribution is 2.27. The number of sulfonamides is 1. The Bertz CT molecular complexity index is 812. The highest BCUT2D eigenvalue weighted by atomic mass is 32.2. The number of amides is 1. The molecule has 1 aliphatic heterocycles. The molecule has 0 saturated carbocycles. The first-order valence-electron chi connectivity index (χ1n) is 8.21. The van der Waals surface area contributed by atoms with Gasteiger partial charge in [0, 0.05) is 31.4 Å². The van der Waals surface area contributed by atoms with Crippen LogP contribution in [0.2, 0.25) is 0 Å². The molecule has 1 aromatic heterocycles. The summed E-state index contributed by atoms with van der Waals surface area (Å²) in [5, 5.41) is 2.62. The van der Waals surface area contributed by atoms with E-state index >= 15 is 0 Å². The topological polar surface area (TPSA) is 92.3 Å². The summed E-state index contributed by atoms with van der Waals surface area (Å²) in [5.41, 5.74) is 0. The fraction of sp³-hybridized carbons (Fsp3) is 0.353. The van der Waals surface area contributed by atoms with Crippen LogP contribution in [0.15, 0.2) is 53.7 Å². The lowest BCUT2D eigenvalue weighted by Crippen LogP contribution is -2.45. The Kier molecular flexibility index (Phi) is 5.40. The van der Waals surface area contributed by atoms with Crippen molar-refractivity contribution in [2.24, 2.45) is 0 Å². The summed E-state index contributed by atoms with van der Waals surface area (Å²) >= 11 is 0. The Hall–Kier alpha value is -2.32. The molecule has 7 nitrogen and oxygen atoms in total. The highest BCUT2D eigenvalue weighted by molar-refractivity contribution is 7.89. The van der Waals surface area contributed by atoms with Gasteiger partial charge in [-0.15, -0.1) is 0 Å². The molecule has 2 heterocycles. The fourth-order valence-corrected chi connectivity index (χ4v) is 4.69. The monoisotopic (exact) mass is 360 g/mol. The standard InChI is InChI=1S/C17H20N4O3S/c22-16(20-17-18-10-6-11-19-17)13-14-7-4-5-12-21(14)25(23,24)15-8-2-1-3-9-15/h1-3,6,8-11,14H,4-5,7,12-13H2,(H,18,19,20,22)/t14-/m0/s1. The Morgan fingerprint density at radius 2 is 1.84 bits per heavy atom. The molecule has 0 unspecified atom stereocenters. The van der Waals surface area contributed by atoms with Crippen molar-refractivity contribution in [1.82, 2.24) is 14.3 Å². The quantitative estimate of drug-likeness (QED) is 0.881. The predicted octanol–water partition coefficient (Wildman–Crippen LogP) is 2.05. The third kappa shape index (κ3) is 4.21. The van der Waals surface area contributed by atoms with E-state index in [0.717, 1.165) is 12.8 Å². The van der Waals surface area contributed by atoms with Crippen LogP contribution in [0, 0.1) is 0 Å². The van der Waals surface area contributed by atoms with Crippen molar-refractivity contribution >= 4 is 21.9 Å². The molecule has 2 aromatic rings. The lowest BCUT2D eigenvalue weighted by molar-refractivity contribution is -0.117. The Morgan fingerprint density at radius 1 is 1.12 bits per heavy atom. The van der Waals surface area contributed by atoms with E-state index in [4.69, 9.17) is 0 Å². The molecule has 1 saturated heterocycles. The molecule has 0 spiro atoms. The van der Waals surface area contributed by atoms with Crippen LogP contribution in [0.1, 0.15) is 25.7 Å². The first-order valence-corrected chi connectivity index (χ1v) is 9.65. The first-order chi connectivity index (χ1) is 12.1. The van der Waals surface area contributed by atoms with Crippen LogP contribution in [0.3, 0.4) is 0 Å². The number of nitrogens with zero attached hydrogens (tertiary/aromatic N) is 3. The largest absolute Gasteiger partial charge is 0.294 e. The van der Waals surface area contributed by atoms with Gasteiger partial charge in [-0.1, -0.05) is 24.6 Å². The number of hydrogen-bond acceptors (Lipinski definition) is 5. The number of rotatable bonds is 5. The van der Waals surface area contributed by atoms with E-state index in [0.29, 0.717) is 13.0 Å². The van der Waals surface area contributed by atoms with Crippen LogP contribution in [0.4, 0.5) is 5.95 Å². The molecule has 0 radical (unpaired) electrons. The second-order valence-corrected chi connectivity index (χ2v) is 7.79. The third-order valence-electron chi connectivity index (χ3n) is 4.16. The minimum Gasteiger partial charge on any atom is -0.294 e. The van der Waals surface area contributed by atoms with Crippen molar-refractivity contribution in [1.29, 1.82) is 0 Å². The third-order valence-corrected chi connectivity index (χ3v) is 6.13. The molecular formula is C17H20N4O3S. The Balaban J connectivity index is 1.74. The van der Waals surface area contributed by atoms with Crippen LogP contribution >= 0.6 is 0 Å². The van der Waals surface area contributed by atoms with E-state index in [1.54, 1.807) is 36.4 Å². The zero-order valence-corrected chi connectivity index (χ0v) is 14.5. The molecule has 1 aromatic carbocycles. The number of aromatic nitrogens is 2. The molecule has 1 fully saturated rings. The normalized spacial score (nSPS) is 18.6. The Morgan fingerprint density at radius 3 is 2.56 bits per heavy atom. The summed E-state index contributed by atoms with van der Waals surface area (Å²) < 4.78 is 27.3. The maximum absolute atomic E-state index is 12.9. The molecule has 8 heteroatoms. The van der Waals surface area contributed by atoms with Crippen molar-refractivity contribution < 1.29 is 13.2 Å². The molecule has 1 N–H and O–H groups in total. The fourth-order valence-electron chi connectivity index (χ4n) is 2.98.